The van der Waals surface area contributed by atoms with Gasteiger partial charge in [-0.3, -0.25) is 9.36 Å². The molecule has 98 valence electrons. The van der Waals surface area contributed by atoms with Crippen molar-refractivity contribution in [2.45, 2.75) is 47.1 Å². The Morgan fingerprint density at radius 2 is 2.17 bits per heavy atom. The highest BCUT2D eigenvalue weighted by atomic mass is 32.1. The smallest absolute Gasteiger partial charge is 0.262 e. The molecule has 0 aliphatic heterocycles. The minimum absolute atomic E-state index is 0.120. The molecule has 0 spiro atoms. The number of aryl methyl sites for hydroxylation is 2. The maximum absolute atomic E-state index is 12.4. The van der Waals surface area contributed by atoms with Crippen molar-refractivity contribution in [3.8, 4) is 0 Å². The van der Waals surface area contributed by atoms with Gasteiger partial charge in [0.05, 0.1) is 5.39 Å². The zero-order valence-corrected chi connectivity index (χ0v) is 12.3. The topological polar surface area (TPSA) is 34.9 Å². The van der Waals surface area contributed by atoms with Crippen molar-refractivity contribution in [3.05, 3.63) is 27.1 Å². The zero-order chi connectivity index (χ0) is 13.3. The third kappa shape index (κ3) is 2.48. The monoisotopic (exact) mass is 264 g/mol. The summed E-state index contributed by atoms with van der Waals surface area (Å²) in [6, 6.07) is 2.00. The lowest BCUT2D eigenvalue weighted by molar-refractivity contribution is 0.499. The minimum Gasteiger partial charge on any atom is -0.296 e. The van der Waals surface area contributed by atoms with E-state index >= 15 is 0 Å². The Hall–Kier alpha value is -1.16. The van der Waals surface area contributed by atoms with E-state index in [0.29, 0.717) is 5.92 Å². The van der Waals surface area contributed by atoms with Gasteiger partial charge in [0.2, 0.25) is 0 Å². The zero-order valence-electron chi connectivity index (χ0n) is 11.5. The second-order valence-corrected chi connectivity index (χ2v) is 6.20. The molecule has 0 unspecified atom stereocenters. The van der Waals surface area contributed by atoms with Gasteiger partial charge in [0.1, 0.15) is 10.7 Å². The van der Waals surface area contributed by atoms with Crippen molar-refractivity contribution in [3.63, 3.8) is 0 Å². The fraction of sp³-hybridized carbons (Fsp3) is 0.571. The maximum atomic E-state index is 12.4. The summed E-state index contributed by atoms with van der Waals surface area (Å²) in [5, 5.41) is 0.784. The first-order valence-corrected chi connectivity index (χ1v) is 7.34. The molecule has 0 aliphatic carbocycles. The molecule has 0 saturated carbocycles. The summed E-state index contributed by atoms with van der Waals surface area (Å²) >= 11 is 1.63. The Morgan fingerprint density at radius 3 is 2.78 bits per heavy atom. The highest BCUT2D eigenvalue weighted by Crippen LogP contribution is 2.22. The molecular weight excluding hydrogens is 244 g/mol. The number of aromatic nitrogens is 2. The van der Waals surface area contributed by atoms with Gasteiger partial charge in [-0.1, -0.05) is 20.8 Å². The van der Waals surface area contributed by atoms with Crippen LogP contribution in [-0.4, -0.2) is 9.55 Å². The van der Waals surface area contributed by atoms with E-state index in [9.17, 15) is 4.79 Å². The van der Waals surface area contributed by atoms with Crippen LogP contribution in [0.4, 0.5) is 0 Å². The van der Waals surface area contributed by atoms with Crippen LogP contribution >= 0.6 is 11.3 Å². The molecule has 0 aliphatic rings. The summed E-state index contributed by atoms with van der Waals surface area (Å²) in [6.45, 7) is 9.14. The van der Waals surface area contributed by atoms with E-state index in [1.807, 2.05) is 17.6 Å². The third-order valence-corrected chi connectivity index (χ3v) is 4.34. The first-order chi connectivity index (χ1) is 8.52. The van der Waals surface area contributed by atoms with Crippen molar-refractivity contribution in [2.75, 3.05) is 0 Å². The average molecular weight is 264 g/mol. The number of thiophene rings is 1. The van der Waals surface area contributed by atoms with Gasteiger partial charge in [0, 0.05) is 11.4 Å². The molecule has 0 amide bonds. The summed E-state index contributed by atoms with van der Waals surface area (Å²) in [7, 11) is 0. The van der Waals surface area contributed by atoms with E-state index < -0.39 is 0 Å². The van der Waals surface area contributed by atoms with E-state index in [4.69, 9.17) is 0 Å². The van der Waals surface area contributed by atoms with Crippen LogP contribution in [0, 0.1) is 12.8 Å². The number of hydrogen-bond donors (Lipinski definition) is 0. The number of hydrogen-bond acceptors (Lipinski definition) is 3. The first kappa shape index (κ1) is 13.3. The molecule has 2 heterocycles. The first-order valence-electron chi connectivity index (χ1n) is 6.52. The highest BCUT2D eigenvalue weighted by molar-refractivity contribution is 7.18. The molecular formula is C14H20N2OS. The van der Waals surface area contributed by atoms with Gasteiger partial charge in [-0.05, 0) is 31.7 Å². The fourth-order valence-corrected chi connectivity index (χ4v) is 3.00. The number of nitrogens with zero attached hydrogens (tertiary/aromatic N) is 2. The number of rotatable bonds is 4. The SMILES string of the molecule is CCc1cc2c(=O)n(CCC(C)C)c(C)nc2s1. The molecule has 2 aromatic heterocycles. The Balaban J connectivity index is 2.50. The van der Waals surface area contributed by atoms with E-state index in [1.54, 1.807) is 11.3 Å². The van der Waals surface area contributed by atoms with Crippen molar-refractivity contribution < 1.29 is 0 Å². The molecule has 3 nitrogen and oxygen atoms in total. The largest absolute Gasteiger partial charge is 0.296 e. The summed E-state index contributed by atoms with van der Waals surface area (Å²) < 4.78 is 1.81. The normalized spacial score (nSPS) is 11.6. The highest BCUT2D eigenvalue weighted by Gasteiger charge is 2.11. The predicted molar refractivity (Wildman–Crippen MR) is 77.5 cm³/mol. The lowest BCUT2D eigenvalue weighted by Crippen LogP contribution is -2.24. The molecule has 2 aromatic rings. The summed E-state index contributed by atoms with van der Waals surface area (Å²) in [5.41, 5.74) is 0.120. The van der Waals surface area contributed by atoms with Crippen molar-refractivity contribution >= 4 is 21.6 Å². The summed E-state index contributed by atoms with van der Waals surface area (Å²) in [6.07, 6.45) is 1.98. The van der Waals surface area contributed by atoms with E-state index in [0.717, 1.165) is 35.4 Å². The Labute approximate surface area is 111 Å². The van der Waals surface area contributed by atoms with Gasteiger partial charge in [0.25, 0.3) is 5.56 Å². The molecule has 0 N–H and O–H groups in total. The van der Waals surface area contributed by atoms with Crippen LogP contribution in [0.25, 0.3) is 10.2 Å². The van der Waals surface area contributed by atoms with Crippen LogP contribution in [0.3, 0.4) is 0 Å². The average Bonchev–Trinajstić information content (AvgIpc) is 2.71. The number of fused-ring (bicyclic) bond motifs is 1. The fourth-order valence-electron chi connectivity index (χ4n) is 1.99. The van der Waals surface area contributed by atoms with Gasteiger partial charge in [-0.15, -0.1) is 11.3 Å². The van der Waals surface area contributed by atoms with Gasteiger partial charge >= 0.3 is 0 Å². The van der Waals surface area contributed by atoms with E-state index in [-0.39, 0.29) is 5.56 Å². The Kier molecular flexibility index (Phi) is 3.85. The van der Waals surface area contributed by atoms with Crippen LogP contribution in [0.2, 0.25) is 0 Å². The van der Waals surface area contributed by atoms with Gasteiger partial charge < -0.3 is 0 Å². The standard InChI is InChI=1S/C14H20N2OS/c1-5-11-8-12-13(18-11)15-10(4)16(14(12)17)7-6-9(2)3/h8-9H,5-7H2,1-4H3. The molecule has 0 radical (unpaired) electrons. The molecule has 18 heavy (non-hydrogen) atoms. The van der Waals surface area contributed by atoms with E-state index in [1.165, 1.54) is 4.88 Å². The van der Waals surface area contributed by atoms with Gasteiger partial charge in [-0.25, -0.2) is 4.98 Å². The van der Waals surface area contributed by atoms with Crippen molar-refractivity contribution in [2.24, 2.45) is 5.92 Å². The minimum atomic E-state index is 0.120. The lowest BCUT2D eigenvalue weighted by atomic mass is 10.1. The second-order valence-electron chi connectivity index (χ2n) is 5.08. The lowest BCUT2D eigenvalue weighted by Gasteiger charge is -2.10. The van der Waals surface area contributed by atoms with E-state index in [2.05, 4.69) is 25.8 Å². The van der Waals surface area contributed by atoms with Crippen LogP contribution in [-0.2, 0) is 13.0 Å². The summed E-state index contributed by atoms with van der Waals surface area (Å²) in [4.78, 5) is 19.1. The van der Waals surface area contributed by atoms with Gasteiger partial charge in [-0.2, -0.15) is 0 Å². The van der Waals surface area contributed by atoms with Crippen LogP contribution in [0.15, 0.2) is 10.9 Å². The Bertz CT molecular complexity index is 610. The van der Waals surface area contributed by atoms with Crippen molar-refractivity contribution in [1.82, 2.24) is 9.55 Å². The molecule has 0 atom stereocenters. The van der Waals surface area contributed by atoms with Crippen LogP contribution in [0.5, 0.6) is 0 Å². The predicted octanol–water partition coefficient (Wildman–Crippen LogP) is 3.37. The molecule has 0 aromatic carbocycles. The molecule has 0 fully saturated rings. The van der Waals surface area contributed by atoms with Crippen molar-refractivity contribution in [1.29, 1.82) is 0 Å². The molecule has 0 bridgehead atoms. The molecule has 2 rings (SSSR count). The third-order valence-electron chi connectivity index (χ3n) is 3.17. The van der Waals surface area contributed by atoms with Crippen LogP contribution < -0.4 is 5.56 Å². The second kappa shape index (κ2) is 5.22. The summed E-state index contributed by atoms with van der Waals surface area (Å²) in [5.74, 6) is 1.43. The molecule has 0 saturated heterocycles. The van der Waals surface area contributed by atoms with Gasteiger partial charge in [0.15, 0.2) is 0 Å². The molecule has 4 heteroatoms. The Morgan fingerprint density at radius 1 is 1.44 bits per heavy atom. The van der Waals surface area contributed by atoms with Crippen LogP contribution in [0.1, 0.15) is 37.9 Å². The maximum Gasteiger partial charge on any atom is 0.262 e. The quantitative estimate of drug-likeness (QED) is 0.848.